The van der Waals surface area contributed by atoms with Gasteiger partial charge in [0.05, 0.1) is 25.5 Å². The summed E-state index contributed by atoms with van der Waals surface area (Å²) in [4.78, 5) is 4.76. The summed E-state index contributed by atoms with van der Waals surface area (Å²) in [5.41, 5.74) is 1.98. The molecular formula is C17H18N4O2S2. The highest BCUT2D eigenvalue weighted by atomic mass is 32.2. The second-order valence-corrected chi connectivity index (χ2v) is 7.53. The summed E-state index contributed by atoms with van der Waals surface area (Å²) in [7, 11) is 3.29. The van der Waals surface area contributed by atoms with Crippen molar-refractivity contribution in [2.45, 2.75) is 29.8 Å². The van der Waals surface area contributed by atoms with E-state index in [1.54, 1.807) is 37.3 Å². The fourth-order valence-corrected chi connectivity index (χ4v) is 4.45. The molecule has 2 aromatic heterocycles. The fraction of sp³-hybridized carbons (Fsp3) is 0.353. The molecule has 4 rings (SSSR count). The average molecular weight is 374 g/mol. The SMILES string of the molecule is COc1cccc(-c2nc(CSc3nncn3C3CC3)cs2)c1OC. The van der Waals surface area contributed by atoms with Crippen molar-refractivity contribution in [2.75, 3.05) is 14.2 Å². The van der Waals surface area contributed by atoms with E-state index in [1.807, 2.05) is 24.5 Å². The third-order valence-corrected chi connectivity index (χ3v) is 5.93. The molecule has 0 radical (unpaired) electrons. The van der Waals surface area contributed by atoms with Gasteiger partial charge in [0, 0.05) is 17.2 Å². The van der Waals surface area contributed by atoms with Gasteiger partial charge >= 0.3 is 0 Å². The van der Waals surface area contributed by atoms with E-state index in [-0.39, 0.29) is 0 Å². The Morgan fingerprint density at radius 3 is 2.92 bits per heavy atom. The molecule has 8 heteroatoms. The zero-order valence-corrected chi connectivity index (χ0v) is 15.6. The predicted molar refractivity (Wildman–Crippen MR) is 98.5 cm³/mol. The maximum atomic E-state index is 5.51. The summed E-state index contributed by atoms with van der Waals surface area (Å²) in [5.74, 6) is 2.20. The number of hydrogen-bond acceptors (Lipinski definition) is 7. The highest BCUT2D eigenvalue weighted by Gasteiger charge is 2.26. The van der Waals surface area contributed by atoms with E-state index < -0.39 is 0 Å². The van der Waals surface area contributed by atoms with Crippen LogP contribution in [0, 0.1) is 0 Å². The van der Waals surface area contributed by atoms with Crippen LogP contribution >= 0.6 is 23.1 Å². The Kier molecular flexibility index (Phi) is 4.63. The van der Waals surface area contributed by atoms with Gasteiger partial charge in [-0.1, -0.05) is 17.8 Å². The zero-order chi connectivity index (χ0) is 17.2. The molecule has 1 aromatic carbocycles. The first-order chi connectivity index (χ1) is 12.3. The van der Waals surface area contributed by atoms with Crippen LogP contribution in [-0.2, 0) is 5.75 Å². The van der Waals surface area contributed by atoms with E-state index in [1.165, 1.54) is 12.8 Å². The molecule has 1 aliphatic carbocycles. The van der Waals surface area contributed by atoms with Crippen LogP contribution in [0.1, 0.15) is 24.6 Å². The normalized spacial score (nSPS) is 13.8. The number of rotatable bonds is 7. The molecule has 0 N–H and O–H groups in total. The number of benzene rings is 1. The van der Waals surface area contributed by atoms with Crippen LogP contribution in [0.25, 0.3) is 10.6 Å². The number of nitrogens with zero attached hydrogens (tertiary/aromatic N) is 4. The summed E-state index contributed by atoms with van der Waals surface area (Å²) in [6.07, 6.45) is 4.28. The van der Waals surface area contributed by atoms with E-state index in [4.69, 9.17) is 14.5 Å². The second kappa shape index (κ2) is 7.05. The predicted octanol–water partition coefficient (Wildman–Crippen LogP) is 4.05. The molecule has 0 bridgehead atoms. The van der Waals surface area contributed by atoms with Crippen LogP contribution in [-0.4, -0.2) is 34.0 Å². The Hall–Kier alpha value is -2.06. The largest absolute Gasteiger partial charge is 0.493 e. The highest BCUT2D eigenvalue weighted by Crippen LogP contribution is 2.40. The van der Waals surface area contributed by atoms with Crippen LogP contribution in [0.15, 0.2) is 35.1 Å². The van der Waals surface area contributed by atoms with E-state index in [2.05, 4.69) is 20.1 Å². The Morgan fingerprint density at radius 1 is 1.28 bits per heavy atom. The third kappa shape index (κ3) is 3.36. The standard InChI is InChI=1S/C17H18N4O2S2/c1-22-14-5-3-4-13(15(14)23-2)16-19-11(8-24-16)9-25-17-20-18-10-21(17)12-6-7-12/h3-5,8,10,12H,6-7,9H2,1-2H3. The van der Waals surface area contributed by atoms with Gasteiger partial charge in [-0.15, -0.1) is 21.5 Å². The van der Waals surface area contributed by atoms with Crippen molar-refractivity contribution in [2.24, 2.45) is 0 Å². The molecule has 1 saturated carbocycles. The molecule has 1 aliphatic rings. The average Bonchev–Trinajstić information content (AvgIpc) is 3.19. The quantitative estimate of drug-likeness (QED) is 0.582. The van der Waals surface area contributed by atoms with Crippen LogP contribution in [0.4, 0.5) is 0 Å². The Morgan fingerprint density at radius 2 is 2.16 bits per heavy atom. The molecule has 0 aliphatic heterocycles. The van der Waals surface area contributed by atoms with E-state index >= 15 is 0 Å². The number of aromatic nitrogens is 4. The first-order valence-electron chi connectivity index (χ1n) is 7.98. The number of hydrogen-bond donors (Lipinski definition) is 0. The van der Waals surface area contributed by atoms with Crippen molar-refractivity contribution in [1.82, 2.24) is 19.7 Å². The molecule has 0 atom stereocenters. The van der Waals surface area contributed by atoms with Crippen molar-refractivity contribution >= 4 is 23.1 Å². The van der Waals surface area contributed by atoms with Gasteiger partial charge in [-0.25, -0.2) is 4.98 Å². The minimum absolute atomic E-state index is 0.588. The molecule has 0 amide bonds. The van der Waals surface area contributed by atoms with Crippen molar-refractivity contribution < 1.29 is 9.47 Å². The molecule has 3 aromatic rings. The fourth-order valence-electron chi connectivity index (χ4n) is 2.63. The van der Waals surface area contributed by atoms with Gasteiger partial charge in [0.2, 0.25) is 0 Å². The lowest BCUT2D eigenvalue weighted by atomic mass is 10.2. The molecule has 130 valence electrons. The maximum absolute atomic E-state index is 5.51. The number of thioether (sulfide) groups is 1. The van der Waals surface area contributed by atoms with Crippen LogP contribution < -0.4 is 9.47 Å². The molecule has 0 saturated heterocycles. The number of thiazole rings is 1. The molecule has 0 unspecified atom stereocenters. The van der Waals surface area contributed by atoms with Gasteiger partial charge in [-0.05, 0) is 25.0 Å². The van der Waals surface area contributed by atoms with Crippen LogP contribution in [0.2, 0.25) is 0 Å². The lowest BCUT2D eigenvalue weighted by Gasteiger charge is -2.10. The number of para-hydroxylation sites is 1. The van der Waals surface area contributed by atoms with Gasteiger partial charge in [0.25, 0.3) is 0 Å². The van der Waals surface area contributed by atoms with Gasteiger partial charge in [0.1, 0.15) is 11.3 Å². The monoisotopic (exact) mass is 374 g/mol. The summed E-state index contributed by atoms with van der Waals surface area (Å²) >= 11 is 3.29. The molecule has 2 heterocycles. The first kappa shape index (κ1) is 16.4. The molecule has 25 heavy (non-hydrogen) atoms. The van der Waals surface area contributed by atoms with Crippen molar-refractivity contribution in [3.63, 3.8) is 0 Å². The summed E-state index contributed by atoms with van der Waals surface area (Å²) in [6.45, 7) is 0. The molecule has 6 nitrogen and oxygen atoms in total. The lowest BCUT2D eigenvalue weighted by Crippen LogP contribution is -1.95. The Balaban J connectivity index is 1.51. The zero-order valence-electron chi connectivity index (χ0n) is 14.0. The maximum Gasteiger partial charge on any atom is 0.191 e. The van der Waals surface area contributed by atoms with Gasteiger partial charge in [-0.3, -0.25) is 0 Å². The van der Waals surface area contributed by atoms with Crippen molar-refractivity contribution in [3.05, 3.63) is 35.6 Å². The van der Waals surface area contributed by atoms with E-state index in [9.17, 15) is 0 Å². The minimum Gasteiger partial charge on any atom is -0.493 e. The van der Waals surface area contributed by atoms with Gasteiger partial charge in [0.15, 0.2) is 16.7 Å². The molecule has 1 fully saturated rings. The van der Waals surface area contributed by atoms with Crippen LogP contribution in [0.5, 0.6) is 11.5 Å². The second-order valence-electron chi connectivity index (χ2n) is 5.73. The first-order valence-corrected chi connectivity index (χ1v) is 9.84. The van der Waals surface area contributed by atoms with Gasteiger partial charge in [-0.2, -0.15) is 0 Å². The van der Waals surface area contributed by atoms with Gasteiger partial charge < -0.3 is 14.0 Å². The summed E-state index contributed by atoms with van der Waals surface area (Å²) in [6, 6.07) is 6.42. The lowest BCUT2D eigenvalue weighted by molar-refractivity contribution is 0.356. The topological polar surface area (TPSA) is 62.1 Å². The van der Waals surface area contributed by atoms with Crippen LogP contribution in [0.3, 0.4) is 0 Å². The molecular weight excluding hydrogens is 356 g/mol. The van der Waals surface area contributed by atoms with Crippen molar-refractivity contribution in [3.8, 4) is 22.1 Å². The minimum atomic E-state index is 0.588. The number of ether oxygens (including phenoxy) is 2. The smallest absolute Gasteiger partial charge is 0.191 e. The van der Waals surface area contributed by atoms with Crippen molar-refractivity contribution in [1.29, 1.82) is 0 Å². The van der Waals surface area contributed by atoms with E-state index in [0.29, 0.717) is 17.5 Å². The Bertz CT molecular complexity index is 873. The third-order valence-electron chi connectivity index (χ3n) is 4.01. The summed E-state index contributed by atoms with van der Waals surface area (Å²) < 4.78 is 13.1. The summed E-state index contributed by atoms with van der Waals surface area (Å²) in [5, 5.41) is 12.2. The number of methoxy groups -OCH3 is 2. The molecule has 0 spiro atoms. The Labute approximate surface area is 154 Å². The highest BCUT2D eigenvalue weighted by molar-refractivity contribution is 7.98. The van der Waals surface area contributed by atoms with E-state index in [0.717, 1.165) is 27.2 Å².